The fraction of sp³-hybridized carbons (Fsp3) is 0.300. The van der Waals surface area contributed by atoms with E-state index in [1.807, 2.05) is 0 Å². The molecule has 0 bridgehead atoms. The molecule has 2 aromatic rings. The molecule has 0 saturated heterocycles. The molecule has 0 aliphatic heterocycles. The van der Waals surface area contributed by atoms with Crippen LogP contribution in [-0.2, 0) is 0 Å². The molecule has 0 aliphatic rings. The summed E-state index contributed by atoms with van der Waals surface area (Å²) < 4.78 is 0. The fourth-order valence-electron chi connectivity index (χ4n) is 2.82. The Hall–Kier alpha value is -1.76. The van der Waals surface area contributed by atoms with Gasteiger partial charge in [0.15, 0.2) is 0 Å². The van der Waals surface area contributed by atoms with Crippen LogP contribution >= 0.6 is 0 Å². The highest BCUT2D eigenvalue weighted by atomic mass is 14.2. The van der Waals surface area contributed by atoms with Crippen LogP contribution in [-0.4, -0.2) is 7.85 Å². The first-order valence-electron chi connectivity index (χ1n) is 7.70. The summed E-state index contributed by atoms with van der Waals surface area (Å²) in [7, 11) is 5.56. The van der Waals surface area contributed by atoms with E-state index in [1.165, 1.54) is 22.3 Å². The van der Waals surface area contributed by atoms with E-state index in [1.54, 1.807) is 0 Å². The second-order valence-corrected chi connectivity index (χ2v) is 5.55. The van der Waals surface area contributed by atoms with Gasteiger partial charge >= 0.3 is 0 Å². The standard InChI is InChI=1S/C20H23B/c1-16-10-5-7-12-18(16)20(14-4-3-9-15-21)19-13-8-6-11-17(19)2/h3-8,10-13,20H,9,14-15H2,1-2H3. The van der Waals surface area contributed by atoms with Crippen molar-refractivity contribution in [3.8, 4) is 0 Å². The van der Waals surface area contributed by atoms with Gasteiger partial charge in [0.25, 0.3) is 0 Å². The van der Waals surface area contributed by atoms with Crippen LogP contribution < -0.4 is 0 Å². The summed E-state index contributed by atoms with van der Waals surface area (Å²) in [4.78, 5) is 0. The van der Waals surface area contributed by atoms with Gasteiger partial charge in [0.2, 0.25) is 0 Å². The topological polar surface area (TPSA) is 0 Å². The molecule has 0 spiro atoms. The third-order valence-corrected chi connectivity index (χ3v) is 4.00. The zero-order valence-corrected chi connectivity index (χ0v) is 13.0. The van der Waals surface area contributed by atoms with Crippen molar-refractivity contribution in [3.63, 3.8) is 0 Å². The van der Waals surface area contributed by atoms with Crippen LogP contribution in [0.15, 0.2) is 60.7 Å². The molecule has 0 atom stereocenters. The highest BCUT2D eigenvalue weighted by Gasteiger charge is 2.16. The van der Waals surface area contributed by atoms with Gasteiger partial charge in [0, 0.05) is 5.92 Å². The van der Waals surface area contributed by atoms with E-state index >= 15 is 0 Å². The van der Waals surface area contributed by atoms with Gasteiger partial charge in [-0.05, 0) is 48.9 Å². The number of rotatable bonds is 6. The summed E-state index contributed by atoms with van der Waals surface area (Å²) in [6.45, 7) is 4.40. The van der Waals surface area contributed by atoms with Crippen molar-refractivity contribution in [2.45, 2.75) is 38.9 Å². The van der Waals surface area contributed by atoms with E-state index in [0.717, 1.165) is 19.2 Å². The molecule has 0 saturated carbocycles. The number of hydrogen-bond acceptors (Lipinski definition) is 0. The first-order valence-corrected chi connectivity index (χ1v) is 7.70. The second-order valence-electron chi connectivity index (χ2n) is 5.55. The van der Waals surface area contributed by atoms with Crippen molar-refractivity contribution in [2.24, 2.45) is 0 Å². The van der Waals surface area contributed by atoms with Crippen molar-refractivity contribution < 1.29 is 0 Å². The van der Waals surface area contributed by atoms with Gasteiger partial charge < -0.3 is 0 Å². The summed E-state index contributed by atoms with van der Waals surface area (Å²) in [5.74, 6) is 0.418. The smallest absolute Gasteiger partial charge is 0.0657 e. The number of allylic oxidation sites excluding steroid dienone is 2. The van der Waals surface area contributed by atoms with Gasteiger partial charge in [-0.3, -0.25) is 0 Å². The summed E-state index contributed by atoms with van der Waals surface area (Å²) in [6.07, 6.45) is 7.17. The second kappa shape index (κ2) is 7.88. The summed E-state index contributed by atoms with van der Waals surface area (Å²) >= 11 is 0. The first kappa shape index (κ1) is 15.6. The molecule has 2 radical (unpaired) electrons. The van der Waals surface area contributed by atoms with E-state index in [-0.39, 0.29) is 0 Å². The third kappa shape index (κ3) is 4.11. The molecule has 2 rings (SSSR count). The lowest BCUT2D eigenvalue weighted by Gasteiger charge is -2.20. The minimum atomic E-state index is 0.418. The maximum absolute atomic E-state index is 5.56. The van der Waals surface area contributed by atoms with Crippen molar-refractivity contribution in [1.29, 1.82) is 0 Å². The minimum absolute atomic E-state index is 0.418. The Morgan fingerprint density at radius 3 is 1.86 bits per heavy atom. The highest BCUT2D eigenvalue weighted by Crippen LogP contribution is 2.32. The predicted octanol–water partition coefficient (Wildman–Crippen LogP) is 5.36. The Balaban J connectivity index is 2.35. The van der Waals surface area contributed by atoms with E-state index in [9.17, 15) is 0 Å². The van der Waals surface area contributed by atoms with Crippen LogP contribution in [0.2, 0.25) is 6.32 Å². The molecule has 106 valence electrons. The number of benzene rings is 2. The van der Waals surface area contributed by atoms with Crippen LogP contribution in [0.25, 0.3) is 0 Å². The van der Waals surface area contributed by atoms with E-state index in [2.05, 4.69) is 74.5 Å². The Bertz CT molecular complexity index is 553. The molecule has 0 nitrogen and oxygen atoms in total. The quantitative estimate of drug-likeness (QED) is 0.491. The fourth-order valence-corrected chi connectivity index (χ4v) is 2.82. The molecule has 1 heteroatoms. The van der Waals surface area contributed by atoms with Gasteiger partial charge in [-0.1, -0.05) is 67.0 Å². The lowest BCUT2D eigenvalue weighted by atomic mass is 9.84. The van der Waals surface area contributed by atoms with Crippen LogP contribution in [0.4, 0.5) is 0 Å². The third-order valence-electron chi connectivity index (χ3n) is 4.00. The van der Waals surface area contributed by atoms with Crippen molar-refractivity contribution in [3.05, 3.63) is 82.9 Å². The van der Waals surface area contributed by atoms with Gasteiger partial charge in [-0.25, -0.2) is 0 Å². The maximum Gasteiger partial charge on any atom is 0.0657 e. The monoisotopic (exact) mass is 274 g/mol. The average molecular weight is 274 g/mol. The normalized spacial score (nSPS) is 11.4. The van der Waals surface area contributed by atoms with Crippen molar-refractivity contribution in [1.82, 2.24) is 0 Å². The molecule has 0 fully saturated rings. The van der Waals surface area contributed by atoms with Crippen LogP contribution in [0.1, 0.15) is 41.0 Å². The van der Waals surface area contributed by atoms with Gasteiger partial charge in [0.1, 0.15) is 0 Å². The molecule has 0 aromatic heterocycles. The Labute approximate surface area is 130 Å². The Kier molecular flexibility index (Phi) is 5.86. The molecule has 2 aromatic carbocycles. The van der Waals surface area contributed by atoms with Crippen molar-refractivity contribution >= 4 is 7.85 Å². The van der Waals surface area contributed by atoms with E-state index < -0.39 is 0 Å². The Morgan fingerprint density at radius 1 is 0.857 bits per heavy atom. The largest absolute Gasteiger partial charge is 0.0892 e. The zero-order valence-electron chi connectivity index (χ0n) is 13.0. The zero-order chi connectivity index (χ0) is 15.1. The van der Waals surface area contributed by atoms with Gasteiger partial charge in [-0.15, -0.1) is 0 Å². The Morgan fingerprint density at radius 2 is 1.38 bits per heavy atom. The van der Waals surface area contributed by atoms with E-state index in [4.69, 9.17) is 7.85 Å². The first-order chi connectivity index (χ1) is 10.2. The lowest BCUT2D eigenvalue weighted by molar-refractivity contribution is 0.811. The molecule has 21 heavy (non-hydrogen) atoms. The molecular weight excluding hydrogens is 251 g/mol. The number of hydrogen-bond donors (Lipinski definition) is 0. The van der Waals surface area contributed by atoms with Crippen LogP contribution in [0.3, 0.4) is 0 Å². The molecule has 0 unspecified atom stereocenters. The maximum atomic E-state index is 5.56. The summed E-state index contributed by atoms with van der Waals surface area (Å²) in [5, 5.41) is 0. The lowest BCUT2D eigenvalue weighted by Crippen LogP contribution is -2.04. The number of aryl methyl sites for hydroxylation is 2. The van der Waals surface area contributed by atoms with Gasteiger partial charge in [-0.2, -0.15) is 0 Å². The van der Waals surface area contributed by atoms with Crippen LogP contribution in [0, 0.1) is 13.8 Å². The van der Waals surface area contributed by atoms with Crippen LogP contribution in [0.5, 0.6) is 0 Å². The average Bonchev–Trinajstić information content (AvgIpc) is 2.50. The van der Waals surface area contributed by atoms with E-state index in [0.29, 0.717) is 5.92 Å². The van der Waals surface area contributed by atoms with Gasteiger partial charge in [0.05, 0.1) is 7.85 Å². The SMILES string of the molecule is [B]CCC=CCC(c1ccccc1C)c1ccccc1C. The molecule has 0 heterocycles. The predicted molar refractivity (Wildman–Crippen MR) is 93.1 cm³/mol. The molecular formula is C20H23B. The summed E-state index contributed by atoms with van der Waals surface area (Å²) in [5.41, 5.74) is 5.56. The molecule has 0 N–H and O–H groups in total. The molecule has 0 aliphatic carbocycles. The minimum Gasteiger partial charge on any atom is -0.0892 e. The summed E-state index contributed by atoms with van der Waals surface area (Å²) in [6, 6.07) is 17.4. The molecule has 0 amide bonds. The van der Waals surface area contributed by atoms with Crippen molar-refractivity contribution in [2.75, 3.05) is 0 Å². The highest BCUT2D eigenvalue weighted by molar-refractivity contribution is 6.08.